The van der Waals surface area contributed by atoms with E-state index in [1.165, 1.54) is 7.11 Å². The first kappa shape index (κ1) is 14.2. The smallest absolute Gasteiger partial charge is 0.257 e. The summed E-state index contributed by atoms with van der Waals surface area (Å²) in [6, 6.07) is 5.00. The van der Waals surface area contributed by atoms with Crippen molar-refractivity contribution in [2.75, 3.05) is 20.7 Å². The van der Waals surface area contributed by atoms with Gasteiger partial charge in [0.1, 0.15) is 5.75 Å². The summed E-state index contributed by atoms with van der Waals surface area (Å²) in [7, 11) is 3.29. The molecule has 5 heteroatoms. The Kier molecular flexibility index (Phi) is 4.32. The Balaban J connectivity index is 2.07. The molecule has 1 aromatic carbocycles. The van der Waals surface area contributed by atoms with E-state index >= 15 is 0 Å². The van der Waals surface area contributed by atoms with Crippen molar-refractivity contribution >= 4 is 17.5 Å². The lowest BCUT2D eigenvalue weighted by molar-refractivity contribution is 0.0264. The molecule has 0 heterocycles. The van der Waals surface area contributed by atoms with Crippen LogP contribution in [0.3, 0.4) is 0 Å². The minimum absolute atomic E-state index is 0.110. The van der Waals surface area contributed by atoms with Crippen LogP contribution in [0.4, 0.5) is 0 Å². The topological polar surface area (TPSA) is 49.8 Å². The lowest BCUT2D eigenvalue weighted by Gasteiger charge is -2.34. The fraction of sp³-hybridized carbons (Fsp3) is 0.500. The molecule has 104 valence electrons. The number of ether oxygens (including phenoxy) is 1. The third kappa shape index (κ3) is 3.19. The van der Waals surface area contributed by atoms with Gasteiger partial charge in [-0.3, -0.25) is 4.79 Å². The molecule has 1 aliphatic carbocycles. The second-order valence-corrected chi connectivity index (χ2v) is 5.46. The van der Waals surface area contributed by atoms with Crippen molar-refractivity contribution in [3.05, 3.63) is 28.8 Å². The van der Waals surface area contributed by atoms with Crippen LogP contribution in [-0.4, -0.2) is 42.7 Å². The second-order valence-electron chi connectivity index (χ2n) is 5.02. The Bertz CT molecular complexity index is 472. The molecule has 1 saturated carbocycles. The fourth-order valence-electron chi connectivity index (χ4n) is 2.37. The molecule has 0 saturated heterocycles. The van der Waals surface area contributed by atoms with Crippen LogP contribution in [0.1, 0.15) is 23.2 Å². The molecule has 0 unspecified atom stereocenters. The number of rotatable bonds is 4. The van der Waals surface area contributed by atoms with E-state index in [-0.39, 0.29) is 12.0 Å². The zero-order chi connectivity index (χ0) is 14.0. The molecule has 4 nitrogen and oxygen atoms in total. The first-order chi connectivity index (χ1) is 9.01. The van der Waals surface area contributed by atoms with Gasteiger partial charge in [0.15, 0.2) is 0 Å². The first-order valence-electron chi connectivity index (χ1n) is 6.28. The third-order valence-corrected chi connectivity index (χ3v) is 3.72. The van der Waals surface area contributed by atoms with Crippen LogP contribution in [-0.2, 0) is 0 Å². The van der Waals surface area contributed by atoms with E-state index in [1.54, 1.807) is 30.1 Å². The van der Waals surface area contributed by atoms with Gasteiger partial charge < -0.3 is 14.7 Å². The van der Waals surface area contributed by atoms with Gasteiger partial charge in [0.25, 0.3) is 5.91 Å². The molecule has 1 fully saturated rings. The molecule has 2 rings (SSSR count). The number of aliphatic hydroxyl groups is 1. The van der Waals surface area contributed by atoms with E-state index in [9.17, 15) is 9.90 Å². The normalized spacial score (nSPS) is 21.7. The highest BCUT2D eigenvalue weighted by molar-refractivity contribution is 6.31. The van der Waals surface area contributed by atoms with E-state index in [1.807, 2.05) is 0 Å². The van der Waals surface area contributed by atoms with Crippen LogP contribution >= 0.6 is 11.6 Å². The van der Waals surface area contributed by atoms with Gasteiger partial charge in [0.05, 0.1) is 18.8 Å². The van der Waals surface area contributed by atoms with Crippen LogP contribution in [0.15, 0.2) is 18.2 Å². The number of benzene rings is 1. The lowest BCUT2D eigenvalue weighted by Crippen LogP contribution is -2.39. The third-order valence-electron chi connectivity index (χ3n) is 3.48. The zero-order valence-corrected chi connectivity index (χ0v) is 11.9. The summed E-state index contributed by atoms with van der Waals surface area (Å²) >= 11 is 5.93. The molecule has 19 heavy (non-hydrogen) atoms. The second kappa shape index (κ2) is 5.80. The SMILES string of the molecule is COc1ccc(Cl)cc1C(=O)N(C)CC1CC(O)C1. The maximum absolute atomic E-state index is 12.4. The predicted octanol–water partition coefficient (Wildman–Crippen LogP) is 2.19. The van der Waals surface area contributed by atoms with Gasteiger partial charge >= 0.3 is 0 Å². The summed E-state index contributed by atoms with van der Waals surface area (Å²) in [5, 5.41) is 9.78. The number of hydrogen-bond acceptors (Lipinski definition) is 3. The number of hydrogen-bond donors (Lipinski definition) is 1. The Morgan fingerprint density at radius 3 is 2.79 bits per heavy atom. The van der Waals surface area contributed by atoms with Gasteiger partial charge in [-0.2, -0.15) is 0 Å². The highest BCUT2D eigenvalue weighted by Crippen LogP contribution is 2.29. The average molecular weight is 284 g/mol. The summed E-state index contributed by atoms with van der Waals surface area (Å²) in [5.41, 5.74) is 0.470. The van der Waals surface area contributed by atoms with Crippen LogP contribution < -0.4 is 4.74 Å². The summed E-state index contributed by atoms with van der Waals surface area (Å²) in [5.74, 6) is 0.796. The van der Waals surface area contributed by atoms with Crippen LogP contribution in [0.2, 0.25) is 5.02 Å². The molecule has 1 N–H and O–H groups in total. The maximum Gasteiger partial charge on any atom is 0.257 e. The van der Waals surface area contributed by atoms with E-state index in [0.717, 1.165) is 12.8 Å². The van der Waals surface area contributed by atoms with Crippen molar-refractivity contribution < 1.29 is 14.6 Å². The number of amides is 1. The standard InChI is InChI=1S/C14H18ClNO3/c1-16(8-9-5-11(17)6-9)14(18)12-7-10(15)3-4-13(12)19-2/h3-4,7,9,11,17H,5-6,8H2,1-2H3. The Morgan fingerprint density at radius 2 is 2.21 bits per heavy atom. The van der Waals surface area contributed by atoms with Crippen molar-refractivity contribution in [1.82, 2.24) is 4.90 Å². The molecule has 0 aliphatic heterocycles. The number of aliphatic hydroxyl groups excluding tert-OH is 1. The van der Waals surface area contributed by atoms with Gasteiger partial charge in [0, 0.05) is 18.6 Å². The van der Waals surface area contributed by atoms with Crippen LogP contribution in [0.5, 0.6) is 5.75 Å². The van der Waals surface area contributed by atoms with E-state index < -0.39 is 0 Å². The highest BCUT2D eigenvalue weighted by Gasteiger charge is 2.29. The largest absolute Gasteiger partial charge is 0.496 e. The van der Waals surface area contributed by atoms with Crippen molar-refractivity contribution in [2.24, 2.45) is 5.92 Å². The number of methoxy groups -OCH3 is 1. The summed E-state index contributed by atoms with van der Waals surface area (Å²) in [6.07, 6.45) is 1.34. The van der Waals surface area contributed by atoms with Crippen molar-refractivity contribution in [2.45, 2.75) is 18.9 Å². The molecule has 0 radical (unpaired) electrons. The Morgan fingerprint density at radius 1 is 1.53 bits per heavy atom. The number of carbonyl (C=O) groups is 1. The maximum atomic E-state index is 12.4. The van der Waals surface area contributed by atoms with Gasteiger partial charge in [-0.05, 0) is 37.0 Å². The Hall–Kier alpha value is -1.26. The molecule has 0 spiro atoms. The fourth-order valence-corrected chi connectivity index (χ4v) is 2.54. The lowest BCUT2D eigenvalue weighted by atomic mass is 9.82. The predicted molar refractivity (Wildman–Crippen MR) is 73.7 cm³/mol. The van der Waals surface area contributed by atoms with Crippen LogP contribution in [0, 0.1) is 5.92 Å². The van der Waals surface area contributed by atoms with E-state index in [4.69, 9.17) is 16.3 Å². The van der Waals surface area contributed by atoms with Crippen molar-refractivity contribution in [3.63, 3.8) is 0 Å². The van der Waals surface area contributed by atoms with E-state index in [0.29, 0.717) is 28.8 Å². The molecule has 0 aromatic heterocycles. The van der Waals surface area contributed by atoms with Crippen molar-refractivity contribution in [1.29, 1.82) is 0 Å². The Labute approximate surface area is 117 Å². The minimum atomic E-state index is -0.200. The number of carbonyl (C=O) groups excluding carboxylic acids is 1. The number of nitrogens with zero attached hydrogens (tertiary/aromatic N) is 1. The summed E-state index contributed by atoms with van der Waals surface area (Å²) in [4.78, 5) is 14.0. The average Bonchev–Trinajstić information content (AvgIpc) is 2.35. The molecular weight excluding hydrogens is 266 g/mol. The number of halogens is 1. The quantitative estimate of drug-likeness (QED) is 0.921. The molecule has 0 bridgehead atoms. The summed E-state index contributed by atoms with van der Waals surface area (Å²) < 4.78 is 5.19. The molecule has 1 aliphatic rings. The first-order valence-corrected chi connectivity index (χ1v) is 6.66. The van der Waals surface area contributed by atoms with Gasteiger partial charge in [-0.1, -0.05) is 11.6 Å². The monoisotopic (exact) mass is 283 g/mol. The van der Waals surface area contributed by atoms with E-state index in [2.05, 4.69) is 0 Å². The molecule has 1 aromatic rings. The van der Waals surface area contributed by atoms with Crippen LogP contribution in [0.25, 0.3) is 0 Å². The van der Waals surface area contributed by atoms with Gasteiger partial charge in [0.2, 0.25) is 0 Å². The van der Waals surface area contributed by atoms with Gasteiger partial charge in [-0.25, -0.2) is 0 Å². The molecular formula is C14H18ClNO3. The molecule has 0 atom stereocenters. The zero-order valence-electron chi connectivity index (χ0n) is 11.1. The van der Waals surface area contributed by atoms with Crippen molar-refractivity contribution in [3.8, 4) is 5.75 Å². The minimum Gasteiger partial charge on any atom is -0.496 e. The summed E-state index contributed by atoms with van der Waals surface area (Å²) in [6.45, 7) is 0.644. The van der Waals surface area contributed by atoms with Gasteiger partial charge in [-0.15, -0.1) is 0 Å². The molecule has 1 amide bonds. The highest BCUT2D eigenvalue weighted by atomic mass is 35.5.